The summed E-state index contributed by atoms with van der Waals surface area (Å²) in [4.78, 5) is 13.3. The molecule has 0 radical (unpaired) electrons. The van der Waals surface area contributed by atoms with E-state index in [-0.39, 0.29) is 11.8 Å². The molecule has 0 fully saturated rings. The molecule has 0 amide bonds. The number of ketones is 1. The van der Waals surface area contributed by atoms with Gasteiger partial charge < -0.3 is 10.4 Å². The van der Waals surface area contributed by atoms with Crippen molar-refractivity contribution in [2.24, 2.45) is 0 Å². The van der Waals surface area contributed by atoms with Crippen LogP contribution in [0, 0.1) is 0 Å². The van der Waals surface area contributed by atoms with Crippen LogP contribution >= 0.6 is 11.3 Å². The predicted octanol–water partition coefficient (Wildman–Crippen LogP) is 3.20. The van der Waals surface area contributed by atoms with Crippen LogP contribution < -0.4 is 5.32 Å². The van der Waals surface area contributed by atoms with Crippen LogP contribution in [-0.2, 0) is 6.42 Å². The summed E-state index contributed by atoms with van der Waals surface area (Å²) in [6, 6.07) is 13.8. The number of thiophene rings is 1. The first-order valence-corrected chi connectivity index (χ1v) is 7.94. The van der Waals surface area contributed by atoms with Crippen LogP contribution in [0.5, 0.6) is 0 Å². The number of aliphatic hydroxyl groups is 1. The molecule has 0 saturated carbocycles. The normalized spacial score (nSPS) is 13.9. The molecule has 112 valence electrons. The second-order valence-electron chi connectivity index (χ2n) is 5.26. The lowest BCUT2D eigenvalue weighted by Crippen LogP contribution is -2.31. The van der Waals surface area contributed by atoms with E-state index in [1.165, 1.54) is 4.88 Å². The van der Waals surface area contributed by atoms with Crippen LogP contribution in [0.3, 0.4) is 0 Å². The Balaban J connectivity index is 1.81. The van der Waals surface area contributed by atoms with E-state index < -0.39 is 6.10 Å². The Hall–Kier alpha value is -1.49. The number of carbonyl (C=O) groups excluding carboxylic acids is 1. The van der Waals surface area contributed by atoms with Gasteiger partial charge in [-0.1, -0.05) is 30.3 Å². The first kappa shape index (κ1) is 15.9. The minimum atomic E-state index is -0.496. The number of benzene rings is 1. The maximum absolute atomic E-state index is 11.3. The molecule has 3 nitrogen and oxygen atoms in total. The van der Waals surface area contributed by atoms with Crippen LogP contribution in [0.4, 0.5) is 0 Å². The average Bonchev–Trinajstić information content (AvgIpc) is 2.94. The molecule has 2 atom stereocenters. The number of hydrogen-bond acceptors (Lipinski definition) is 4. The Labute approximate surface area is 129 Å². The smallest absolute Gasteiger partial charge is 0.169 e. The second-order valence-corrected chi connectivity index (χ2v) is 6.43. The molecule has 0 saturated heterocycles. The Morgan fingerprint density at radius 2 is 1.95 bits per heavy atom. The van der Waals surface area contributed by atoms with Gasteiger partial charge in [-0.3, -0.25) is 4.79 Å². The summed E-state index contributed by atoms with van der Waals surface area (Å²) in [6.45, 7) is 4.20. The van der Waals surface area contributed by atoms with Crippen LogP contribution in [-0.4, -0.2) is 23.5 Å². The summed E-state index contributed by atoms with van der Waals surface area (Å²) in [7, 11) is 0. The quantitative estimate of drug-likeness (QED) is 0.772. The van der Waals surface area contributed by atoms with Gasteiger partial charge >= 0.3 is 0 Å². The highest BCUT2D eigenvalue weighted by atomic mass is 32.1. The highest BCUT2D eigenvalue weighted by molar-refractivity contribution is 7.14. The van der Waals surface area contributed by atoms with Crippen molar-refractivity contribution in [3.8, 4) is 0 Å². The topological polar surface area (TPSA) is 49.3 Å². The van der Waals surface area contributed by atoms with E-state index in [1.807, 2.05) is 42.5 Å². The molecule has 21 heavy (non-hydrogen) atoms. The first-order chi connectivity index (χ1) is 10.1. The molecule has 2 N–H and O–H groups in total. The summed E-state index contributed by atoms with van der Waals surface area (Å²) in [5.74, 6) is 0.117. The highest BCUT2D eigenvalue weighted by Crippen LogP contribution is 2.19. The fourth-order valence-corrected chi connectivity index (χ4v) is 3.19. The van der Waals surface area contributed by atoms with Crippen LogP contribution in [0.2, 0.25) is 0 Å². The van der Waals surface area contributed by atoms with Gasteiger partial charge in [0.2, 0.25) is 0 Å². The molecular formula is C17H21NO2S. The van der Waals surface area contributed by atoms with E-state index in [2.05, 4.69) is 12.2 Å². The molecule has 0 spiro atoms. The summed E-state index contributed by atoms with van der Waals surface area (Å²) >= 11 is 1.55. The van der Waals surface area contributed by atoms with Gasteiger partial charge in [-0.15, -0.1) is 11.3 Å². The van der Waals surface area contributed by atoms with Gasteiger partial charge in [-0.25, -0.2) is 0 Å². The van der Waals surface area contributed by atoms with Crippen LogP contribution in [0.1, 0.15) is 40.1 Å². The zero-order chi connectivity index (χ0) is 15.2. The fraction of sp³-hybridized carbons (Fsp3) is 0.353. The van der Waals surface area contributed by atoms with E-state index >= 15 is 0 Å². The zero-order valence-electron chi connectivity index (χ0n) is 12.4. The molecule has 0 aliphatic heterocycles. The van der Waals surface area contributed by atoms with Gasteiger partial charge in [0.25, 0.3) is 0 Å². The van der Waals surface area contributed by atoms with E-state index in [9.17, 15) is 9.90 Å². The maximum atomic E-state index is 11.3. The van der Waals surface area contributed by atoms with Crippen molar-refractivity contribution in [1.29, 1.82) is 0 Å². The molecule has 0 aliphatic rings. The molecule has 4 heteroatoms. The molecule has 1 aromatic carbocycles. The van der Waals surface area contributed by atoms with Crippen molar-refractivity contribution in [2.75, 3.05) is 6.54 Å². The molecule has 2 rings (SSSR count). The number of nitrogens with one attached hydrogen (secondary N) is 1. The number of Topliss-reactive ketones (excluding diaryl/α,β-unsaturated/α-hetero) is 1. The first-order valence-electron chi connectivity index (χ1n) is 7.12. The van der Waals surface area contributed by atoms with Crippen molar-refractivity contribution >= 4 is 17.1 Å². The van der Waals surface area contributed by atoms with Crippen molar-refractivity contribution in [1.82, 2.24) is 5.32 Å². The van der Waals surface area contributed by atoms with E-state index in [4.69, 9.17) is 0 Å². The molecule has 0 bridgehead atoms. The second kappa shape index (κ2) is 7.50. The number of hydrogen-bond donors (Lipinski definition) is 2. The Kier molecular flexibility index (Phi) is 5.67. The molecular weight excluding hydrogens is 282 g/mol. The lowest BCUT2D eigenvalue weighted by Gasteiger charge is -2.17. The van der Waals surface area contributed by atoms with Gasteiger partial charge in [0.05, 0.1) is 11.0 Å². The number of rotatable bonds is 7. The third-order valence-electron chi connectivity index (χ3n) is 3.36. The van der Waals surface area contributed by atoms with E-state index in [0.717, 1.165) is 16.9 Å². The standard InChI is InChI=1S/C17H21NO2S/c1-12(10-15-8-9-17(21-15)13(2)19)18-11-16(20)14-6-4-3-5-7-14/h3-9,12,16,18,20H,10-11H2,1-2H3/t12-,16+/m0/s1. The average molecular weight is 303 g/mol. The third-order valence-corrected chi connectivity index (χ3v) is 4.57. The lowest BCUT2D eigenvalue weighted by molar-refractivity contribution is 0.102. The molecule has 0 aliphatic carbocycles. The molecule has 0 unspecified atom stereocenters. The fourth-order valence-electron chi connectivity index (χ4n) is 2.16. The van der Waals surface area contributed by atoms with Gasteiger partial charge in [0.15, 0.2) is 5.78 Å². The van der Waals surface area contributed by atoms with Crippen LogP contribution in [0.15, 0.2) is 42.5 Å². The van der Waals surface area contributed by atoms with Gasteiger partial charge in [-0.2, -0.15) is 0 Å². The maximum Gasteiger partial charge on any atom is 0.169 e. The Morgan fingerprint density at radius 3 is 2.57 bits per heavy atom. The van der Waals surface area contributed by atoms with Gasteiger partial charge in [0, 0.05) is 17.5 Å². The summed E-state index contributed by atoms with van der Waals surface area (Å²) < 4.78 is 0. The molecule has 1 heterocycles. The van der Waals surface area contributed by atoms with Crippen molar-refractivity contribution < 1.29 is 9.90 Å². The minimum Gasteiger partial charge on any atom is -0.387 e. The Bertz CT molecular complexity index is 579. The molecule has 2 aromatic rings. The lowest BCUT2D eigenvalue weighted by atomic mass is 10.1. The van der Waals surface area contributed by atoms with Gasteiger partial charge in [0.1, 0.15) is 0 Å². The largest absolute Gasteiger partial charge is 0.387 e. The third kappa shape index (κ3) is 4.77. The predicted molar refractivity (Wildman–Crippen MR) is 86.9 cm³/mol. The van der Waals surface area contributed by atoms with E-state index in [1.54, 1.807) is 18.3 Å². The van der Waals surface area contributed by atoms with Crippen LogP contribution in [0.25, 0.3) is 0 Å². The van der Waals surface area contributed by atoms with Crippen molar-refractivity contribution in [3.63, 3.8) is 0 Å². The number of aliphatic hydroxyl groups excluding tert-OH is 1. The number of carbonyl (C=O) groups is 1. The Morgan fingerprint density at radius 1 is 1.24 bits per heavy atom. The summed E-state index contributed by atoms with van der Waals surface area (Å²) in [5, 5.41) is 13.4. The summed E-state index contributed by atoms with van der Waals surface area (Å²) in [6.07, 6.45) is 0.365. The SMILES string of the molecule is CC(=O)c1ccc(C[C@H](C)NC[C@@H](O)c2ccccc2)s1. The van der Waals surface area contributed by atoms with E-state index in [0.29, 0.717) is 6.54 Å². The monoisotopic (exact) mass is 303 g/mol. The van der Waals surface area contributed by atoms with Crippen molar-refractivity contribution in [3.05, 3.63) is 57.8 Å². The minimum absolute atomic E-state index is 0.117. The highest BCUT2D eigenvalue weighted by Gasteiger charge is 2.11. The van der Waals surface area contributed by atoms with Crippen molar-refractivity contribution in [2.45, 2.75) is 32.4 Å². The van der Waals surface area contributed by atoms with Gasteiger partial charge in [-0.05, 0) is 38.0 Å². The zero-order valence-corrected chi connectivity index (χ0v) is 13.2. The summed E-state index contributed by atoms with van der Waals surface area (Å²) in [5.41, 5.74) is 0.923. The molecule has 1 aromatic heterocycles.